The lowest BCUT2D eigenvalue weighted by atomic mass is 10.1. The van der Waals surface area contributed by atoms with Crippen LogP contribution < -0.4 is 9.64 Å². The molecule has 1 aromatic heterocycles. The number of anilines is 1. The van der Waals surface area contributed by atoms with Crippen molar-refractivity contribution in [3.63, 3.8) is 0 Å². The second-order valence-electron chi connectivity index (χ2n) is 6.97. The lowest BCUT2D eigenvalue weighted by Crippen LogP contribution is -2.49. The van der Waals surface area contributed by atoms with Crippen LogP contribution in [0.5, 0.6) is 5.75 Å². The minimum atomic E-state index is -4.05. The maximum Gasteiger partial charge on any atom is 0.246 e. The average Bonchev–Trinajstić information content (AvgIpc) is 2.79. The quantitative estimate of drug-likeness (QED) is 0.600. The topological polar surface area (TPSA) is 75.6 Å². The van der Waals surface area contributed by atoms with E-state index in [2.05, 4.69) is 10.2 Å². The Labute approximate surface area is 178 Å². The van der Waals surface area contributed by atoms with Crippen molar-refractivity contribution < 1.29 is 21.9 Å². The zero-order valence-electron chi connectivity index (χ0n) is 16.7. The van der Waals surface area contributed by atoms with Gasteiger partial charge < -0.3 is 9.64 Å². The third-order valence-electron chi connectivity index (χ3n) is 5.09. The van der Waals surface area contributed by atoms with Gasteiger partial charge in [-0.25, -0.2) is 17.2 Å². The minimum absolute atomic E-state index is 0.151. The Kier molecular flexibility index (Phi) is 5.84. The number of aromatic nitrogens is 2. The van der Waals surface area contributed by atoms with Crippen molar-refractivity contribution in [2.45, 2.75) is 4.90 Å². The van der Waals surface area contributed by atoms with E-state index in [4.69, 9.17) is 4.74 Å². The van der Waals surface area contributed by atoms with Crippen LogP contribution in [0.1, 0.15) is 0 Å². The van der Waals surface area contributed by atoms with Crippen LogP contribution in [0.15, 0.2) is 59.5 Å². The van der Waals surface area contributed by atoms with Crippen LogP contribution in [-0.2, 0) is 10.0 Å². The number of halogens is 2. The summed E-state index contributed by atoms with van der Waals surface area (Å²) in [5.74, 6) is -0.575. The van der Waals surface area contributed by atoms with Crippen molar-refractivity contribution in [1.82, 2.24) is 14.5 Å². The Morgan fingerprint density at radius 3 is 2.35 bits per heavy atom. The monoisotopic (exact) mass is 446 g/mol. The Bertz CT molecular complexity index is 1180. The van der Waals surface area contributed by atoms with Crippen LogP contribution in [0.25, 0.3) is 11.3 Å². The summed E-state index contributed by atoms with van der Waals surface area (Å²) in [7, 11) is -2.45. The maximum absolute atomic E-state index is 14.0. The molecule has 0 atom stereocenters. The highest BCUT2D eigenvalue weighted by Gasteiger charge is 2.31. The van der Waals surface area contributed by atoms with Gasteiger partial charge in [0.05, 0.1) is 12.8 Å². The summed E-state index contributed by atoms with van der Waals surface area (Å²) >= 11 is 0. The lowest BCUT2D eigenvalue weighted by Gasteiger charge is -2.34. The van der Waals surface area contributed by atoms with Gasteiger partial charge in [0.2, 0.25) is 10.0 Å². The van der Waals surface area contributed by atoms with Gasteiger partial charge in [-0.15, -0.1) is 10.2 Å². The number of hydrogen-bond acceptors (Lipinski definition) is 6. The standard InChI is InChI=1S/C21H20F2N4O3S/c1-30-17-4-2-3-15(13-17)19-6-8-21(25-24-19)26-9-11-27(12-10-26)31(28,29)20-7-5-16(22)14-18(20)23/h2-8,13-14H,9-12H2,1H3. The fraction of sp³-hybridized carbons (Fsp3) is 0.238. The molecule has 0 aliphatic carbocycles. The van der Waals surface area contributed by atoms with Gasteiger partial charge in [0.15, 0.2) is 5.82 Å². The number of piperazine rings is 1. The molecule has 1 saturated heterocycles. The molecule has 1 fully saturated rings. The molecule has 0 N–H and O–H groups in total. The first kappa shape index (κ1) is 21.1. The summed E-state index contributed by atoms with van der Waals surface area (Å²) in [6, 6.07) is 13.6. The van der Waals surface area contributed by atoms with E-state index in [-0.39, 0.29) is 13.1 Å². The predicted molar refractivity (Wildman–Crippen MR) is 111 cm³/mol. The highest BCUT2D eigenvalue weighted by molar-refractivity contribution is 7.89. The zero-order valence-corrected chi connectivity index (χ0v) is 17.5. The molecular weight excluding hydrogens is 426 g/mol. The largest absolute Gasteiger partial charge is 0.497 e. The van der Waals surface area contributed by atoms with Crippen LogP contribution in [0.2, 0.25) is 0 Å². The third-order valence-corrected chi connectivity index (χ3v) is 7.02. The van der Waals surface area contributed by atoms with E-state index in [9.17, 15) is 17.2 Å². The molecule has 4 rings (SSSR count). The van der Waals surface area contributed by atoms with Crippen LogP contribution in [-0.4, -0.2) is 56.2 Å². The predicted octanol–water partition coefficient (Wildman–Crippen LogP) is 2.94. The number of rotatable bonds is 5. The lowest BCUT2D eigenvalue weighted by molar-refractivity contribution is 0.381. The van der Waals surface area contributed by atoms with Crippen molar-refractivity contribution in [2.75, 3.05) is 38.2 Å². The van der Waals surface area contributed by atoms with Crippen molar-refractivity contribution >= 4 is 15.8 Å². The summed E-state index contributed by atoms with van der Waals surface area (Å²) in [6.45, 7) is 1.04. The van der Waals surface area contributed by atoms with Gasteiger partial charge >= 0.3 is 0 Å². The normalized spacial score (nSPS) is 15.1. The average molecular weight is 446 g/mol. The van der Waals surface area contributed by atoms with Crippen LogP contribution in [0.3, 0.4) is 0 Å². The first-order valence-electron chi connectivity index (χ1n) is 9.57. The molecule has 31 heavy (non-hydrogen) atoms. The van der Waals surface area contributed by atoms with Crippen molar-refractivity contribution in [1.29, 1.82) is 0 Å². The van der Waals surface area contributed by atoms with E-state index in [0.717, 1.165) is 23.4 Å². The molecule has 162 valence electrons. The summed E-state index contributed by atoms with van der Waals surface area (Å²) < 4.78 is 59.0. The van der Waals surface area contributed by atoms with Gasteiger partial charge in [-0.3, -0.25) is 0 Å². The molecule has 2 heterocycles. The van der Waals surface area contributed by atoms with Gasteiger partial charge in [0.25, 0.3) is 0 Å². The second kappa shape index (κ2) is 8.56. The molecular formula is C21H20F2N4O3S. The Balaban J connectivity index is 1.45. The number of hydrogen-bond donors (Lipinski definition) is 0. The summed E-state index contributed by atoms with van der Waals surface area (Å²) in [4.78, 5) is 1.39. The van der Waals surface area contributed by atoms with E-state index in [0.29, 0.717) is 30.7 Å². The molecule has 1 aliphatic rings. The Hall–Kier alpha value is -3.11. The molecule has 2 aromatic carbocycles. The molecule has 0 amide bonds. The molecule has 0 bridgehead atoms. The van der Waals surface area contributed by atoms with Gasteiger partial charge in [-0.1, -0.05) is 12.1 Å². The fourth-order valence-corrected chi connectivity index (χ4v) is 4.88. The van der Waals surface area contributed by atoms with E-state index >= 15 is 0 Å². The van der Waals surface area contributed by atoms with Gasteiger partial charge in [0, 0.05) is 37.8 Å². The molecule has 0 saturated carbocycles. The van der Waals surface area contributed by atoms with E-state index in [1.807, 2.05) is 41.3 Å². The third kappa shape index (κ3) is 4.35. The molecule has 0 unspecified atom stereocenters. The summed E-state index contributed by atoms with van der Waals surface area (Å²) in [5.41, 5.74) is 1.56. The Morgan fingerprint density at radius 2 is 1.71 bits per heavy atom. The van der Waals surface area contributed by atoms with Gasteiger partial charge in [-0.05, 0) is 36.4 Å². The second-order valence-corrected chi connectivity index (χ2v) is 8.88. The van der Waals surface area contributed by atoms with Crippen LogP contribution in [0.4, 0.5) is 14.6 Å². The van der Waals surface area contributed by atoms with E-state index < -0.39 is 26.6 Å². The molecule has 10 heteroatoms. The molecule has 0 radical (unpaired) electrons. The van der Waals surface area contributed by atoms with E-state index in [1.54, 1.807) is 7.11 Å². The first-order valence-corrected chi connectivity index (χ1v) is 11.0. The van der Waals surface area contributed by atoms with Crippen molar-refractivity contribution in [3.8, 4) is 17.0 Å². The maximum atomic E-state index is 14.0. The number of nitrogens with zero attached hydrogens (tertiary/aromatic N) is 4. The highest BCUT2D eigenvalue weighted by atomic mass is 32.2. The summed E-state index contributed by atoms with van der Waals surface area (Å²) in [5, 5.41) is 8.54. The van der Waals surface area contributed by atoms with Crippen molar-refractivity contribution in [2.24, 2.45) is 0 Å². The van der Waals surface area contributed by atoms with Gasteiger partial charge in [0.1, 0.15) is 22.3 Å². The van der Waals surface area contributed by atoms with Crippen LogP contribution in [0, 0.1) is 11.6 Å². The van der Waals surface area contributed by atoms with E-state index in [1.165, 1.54) is 4.31 Å². The number of sulfonamides is 1. The highest BCUT2D eigenvalue weighted by Crippen LogP contribution is 2.25. The fourth-order valence-electron chi connectivity index (χ4n) is 3.41. The SMILES string of the molecule is COc1cccc(-c2ccc(N3CCN(S(=O)(=O)c4ccc(F)cc4F)CC3)nn2)c1. The minimum Gasteiger partial charge on any atom is -0.497 e. The molecule has 3 aromatic rings. The molecule has 0 spiro atoms. The first-order chi connectivity index (χ1) is 14.9. The number of benzene rings is 2. The smallest absolute Gasteiger partial charge is 0.246 e. The number of ether oxygens (including phenoxy) is 1. The van der Waals surface area contributed by atoms with Gasteiger partial charge in [-0.2, -0.15) is 4.31 Å². The molecule has 1 aliphatic heterocycles. The molecule has 7 nitrogen and oxygen atoms in total. The van der Waals surface area contributed by atoms with Crippen LogP contribution >= 0.6 is 0 Å². The number of methoxy groups -OCH3 is 1. The van der Waals surface area contributed by atoms with Crippen molar-refractivity contribution in [3.05, 3.63) is 66.2 Å². The Morgan fingerprint density at radius 1 is 0.935 bits per heavy atom. The summed E-state index contributed by atoms with van der Waals surface area (Å²) in [6.07, 6.45) is 0. The zero-order chi connectivity index (χ0) is 22.0.